The molecule has 0 aromatic carbocycles. The number of carbonyl (C=O) groups is 3. The quantitative estimate of drug-likeness (QED) is 0.0261. The predicted molar refractivity (Wildman–Crippen MR) is 325 cm³/mol. The largest absolute Gasteiger partial charge is 0.462 e. The molecule has 0 fully saturated rings. The topological polar surface area (TPSA) is 78.9 Å². The van der Waals surface area contributed by atoms with Gasteiger partial charge in [0.2, 0.25) is 0 Å². The van der Waals surface area contributed by atoms with E-state index in [0.29, 0.717) is 19.3 Å². The molecular formula is C69H112O6. The van der Waals surface area contributed by atoms with Crippen LogP contribution in [0.4, 0.5) is 0 Å². The van der Waals surface area contributed by atoms with Gasteiger partial charge in [0.25, 0.3) is 0 Å². The third-order valence-electron chi connectivity index (χ3n) is 12.6. The molecule has 0 aliphatic carbocycles. The van der Waals surface area contributed by atoms with Gasteiger partial charge in [-0.25, -0.2) is 0 Å². The molecule has 0 bridgehead atoms. The second kappa shape index (κ2) is 62.1. The van der Waals surface area contributed by atoms with Crippen LogP contribution in [0.3, 0.4) is 0 Å². The van der Waals surface area contributed by atoms with Crippen molar-refractivity contribution in [3.8, 4) is 0 Å². The molecule has 0 radical (unpaired) electrons. The lowest BCUT2D eigenvalue weighted by atomic mass is 10.1. The molecule has 0 N–H and O–H groups in total. The number of ether oxygens (including phenoxy) is 3. The zero-order chi connectivity index (χ0) is 54.3. The van der Waals surface area contributed by atoms with Crippen molar-refractivity contribution in [2.75, 3.05) is 13.2 Å². The maximum Gasteiger partial charge on any atom is 0.306 e. The summed E-state index contributed by atoms with van der Waals surface area (Å²) in [6.45, 7) is 6.36. The molecule has 6 heteroatoms. The Morgan fingerprint density at radius 1 is 0.280 bits per heavy atom. The van der Waals surface area contributed by atoms with Gasteiger partial charge in [-0.15, -0.1) is 0 Å². The van der Waals surface area contributed by atoms with Crippen LogP contribution in [-0.2, 0) is 28.6 Å². The van der Waals surface area contributed by atoms with E-state index in [9.17, 15) is 14.4 Å². The Balaban J connectivity index is 4.46. The lowest BCUT2D eigenvalue weighted by Crippen LogP contribution is -2.30. The van der Waals surface area contributed by atoms with Crippen LogP contribution in [-0.4, -0.2) is 37.2 Å². The van der Waals surface area contributed by atoms with Gasteiger partial charge in [-0.3, -0.25) is 14.4 Å². The highest BCUT2D eigenvalue weighted by atomic mass is 16.6. The average molecular weight is 1040 g/mol. The molecule has 1 atom stereocenters. The number of esters is 3. The van der Waals surface area contributed by atoms with Gasteiger partial charge in [-0.1, -0.05) is 244 Å². The van der Waals surface area contributed by atoms with E-state index in [4.69, 9.17) is 14.2 Å². The van der Waals surface area contributed by atoms with Gasteiger partial charge in [-0.2, -0.15) is 0 Å². The second-order valence-corrected chi connectivity index (χ2v) is 19.8. The normalized spacial score (nSPS) is 13.1. The smallest absolute Gasteiger partial charge is 0.306 e. The van der Waals surface area contributed by atoms with Gasteiger partial charge in [0, 0.05) is 19.3 Å². The fourth-order valence-electron chi connectivity index (χ4n) is 8.08. The van der Waals surface area contributed by atoms with Crippen molar-refractivity contribution in [3.05, 3.63) is 134 Å². The Morgan fingerprint density at radius 3 is 0.813 bits per heavy atom. The van der Waals surface area contributed by atoms with Gasteiger partial charge < -0.3 is 14.2 Å². The van der Waals surface area contributed by atoms with Crippen LogP contribution in [0, 0.1) is 0 Å². The van der Waals surface area contributed by atoms with Gasteiger partial charge in [0.15, 0.2) is 6.10 Å². The summed E-state index contributed by atoms with van der Waals surface area (Å²) in [6, 6.07) is 0. The van der Waals surface area contributed by atoms with Crippen molar-refractivity contribution >= 4 is 17.9 Å². The molecule has 0 aliphatic heterocycles. The lowest BCUT2D eigenvalue weighted by Gasteiger charge is -2.18. The molecular weight excluding hydrogens is 925 g/mol. The zero-order valence-electron chi connectivity index (χ0n) is 48.5. The van der Waals surface area contributed by atoms with E-state index in [0.717, 1.165) is 161 Å². The molecule has 6 nitrogen and oxygen atoms in total. The van der Waals surface area contributed by atoms with Crippen LogP contribution in [0.15, 0.2) is 134 Å². The van der Waals surface area contributed by atoms with Crippen LogP contribution in [0.5, 0.6) is 0 Å². The van der Waals surface area contributed by atoms with E-state index in [-0.39, 0.29) is 31.1 Å². The maximum atomic E-state index is 12.9. The fourth-order valence-corrected chi connectivity index (χ4v) is 8.08. The van der Waals surface area contributed by atoms with Gasteiger partial charge in [0.1, 0.15) is 13.2 Å². The highest BCUT2D eigenvalue weighted by Crippen LogP contribution is 2.14. The van der Waals surface area contributed by atoms with Crippen molar-refractivity contribution in [1.82, 2.24) is 0 Å². The third kappa shape index (κ3) is 60.3. The number of carbonyl (C=O) groups excluding carboxylic acids is 3. The van der Waals surface area contributed by atoms with Crippen LogP contribution in [0.25, 0.3) is 0 Å². The molecule has 0 aromatic heterocycles. The minimum absolute atomic E-state index is 0.0985. The number of allylic oxidation sites excluding steroid dienone is 22. The Kier molecular flexibility index (Phi) is 58.4. The summed E-state index contributed by atoms with van der Waals surface area (Å²) in [5.41, 5.74) is 0. The molecule has 75 heavy (non-hydrogen) atoms. The summed E-state index contributed by atoms with van der Waals surface area (Å²) in [5.74, 6) is -0.936. The molecule has 0 aromatic rings. The SMILES string of the molecule is CC/C=C\C/C=C\C/C=C\C/C=C\C/C=C\CCCCCCCCCC(=O)OCC(COC(=O)CCCCCCC/C=C\C/C=C\CCCCC)OC(=O)CCCCCCCC/C=C\C/C=C\C/C=C\C/C=C\CC. The van der Waals surface area contributed by atoms with Crippen molar-refractivity contribution in [1.29, 1.82) is 0 Å². The highest BCUT2D eigenvalue weighted by molar-refractivity contribution is 5.71. The van der Waals surface area contributed by atoms with Crippen molar-refractivity contribution in [2.45, 2.75) is 271 Å². The average Bonchev–Trinajstić information content (AvgIpc) is 3.41. The van der Waals surface area contributed by atoms with Crippen LogP contribution in [0.1, 0.15) is 265 Å². The third-order valence-corrected chi connectivity index (χ3v) is 12.6. The molecule has 0 saturated carbocycles. The summed E-state index contributed by atoms with van der Waals surface area (Å²) in [7, 11) is 0. The first-order valence-electron chi connectivity index (χ1n) is 30.7. The summed E-state index contributed by atoms with van der Waals surface area (Å²) in [6.07, 6.45) is 87.2. The number of hydrogen-bond donors (Lipinski definition) is 0. The maximum absolute atomic E-state index is 12.9. The number of hydrogen-bond acceptors (Lipinski definition) is 6. The summed E-state index contributed by atoms with van der Waals surface area (Å²) >= 11 is 0. The van der Waals surface area contributed by atoms with Crippen LogP contribution < -0.4 is 0 Å². The van der Waals surface area contributed by atoms with Gasteiger partial charge in [-0.05, 0) is 135 Å². The number of unbranched alkanes of at least 4 members (excludes halogenated alkanes) is 21. The van der Waals surface area contributed by atoms with Gasteiger partial charge >= 0.3 is 17.9 Å². The van der Waals surface area contributed by atoms with E-state index in [1.54, 1.807) is 0 Å². The molecule has 424 valence electrons. The summed E-state index contributed by atoms with van der Waals surface area (Å²) in [4.78, 5) is 38.3. The molecule has 1 unspecified atom stereocenters. The number of rotatable bonds is 54. The first-order valence-corrected chi connectivity index (χ1v) is 30.7. The Morgan fingerprint density at radius 2 is 0.520 bits per heavy atom. The Bertz CT molecular complexity index is 1620. The minimum atomic E-state index is -0.803. The summed E-state index contributed by atoms with van der Waals surface area (Å²) in [5, 5.41) is 0. The predicted octanol–water partition coefficient (Wildman–Crippen LogP) is 21.0. The Hall–Kier alpha value is -4.45. The van der Waals surface area contributed by atoms with Crippen molar-refractivity contribution in [3.63, 3.8) is 0 Å². The van der Waals surface area contributed by atoms with Crippen molar-refractivity contribution in [2.24, 2.45) is 0 Å². The van der Waals surface area contributed by atoms with Crippen LogP contribution >= 0.6 is 0 Å². The standard InChI is InChI=1S/C69H112O6/c1-4-7-10-13-16-19-22-25-28-30-32-33-34-35-37-38-41-44-47-50-53-56-59-62-68(71)74-65-66(64-73-67(70)61-58-55-52-49-46-43-40-27-24-21-18-15-12-9-6-3)75-69(72)63-60-57-54-51-48-45-42-39-36-31-29-26-23-20-17-14-11-8-5-2/h7-8,10-11,16-21,25-29,32-33,35-37,39-40,66H,4-6,9,12-15,22-24,30-31,34,38,41-65H2,1-3H3/b10-7-,11-8-,19-16-,20-17-,21-18-,28-25-,29-26-,33-32-,37-35-,39-36-,40-27-. The van der Waals surface area contributed by atoms with Crippen molar-refractivity contribution < 1.29 is 28.6 Å². The fraction of sp³-hybridized carbons (Fsp3) is 0.638. The monoisotopic (exact) mass is 1040 g/mol. The molecule has 0 rings (SSSR count). The van der Waals surface area contributed by atoms with E-state index >= 15 is 0 Å². The molecule has 0 saturated heterocycles. The first kappa shape index (κ1) is 70.5. The zero-order valence-corrected chi connectivity index (χ0v) is 48.5. The van der Waals surface area contributed by atoms with E-state index < -0.39 is 6.10 Å². The molecule has 0 spiro atoms. The van der Waals surface area contributed by atoms with Crippen LogP contribution in [0.2, 0.25) is 0 Å². The van der Waals surface area contributed by atoms with Gasteiger partial charge in [0.05, 0.1) is 0 Å². The summed E-state index contributed by atoms with van der Waals surface area (Å²) < 4.78 is 16.9. The first-order chi connectivity index (χ1) is 37.0. The highest BCUT2D eigenvalue weighted by Gasteiger charge is 2.19. The minimum Gasteiger partial charge on any atom is -0.462 e. The lowest BCUT2D eigenvalue weighted by molar-refractivity contribution is -0.167. The molecule has 0 amide bonds. The van der Waals surface area contributed by atoms with E-state index in [1.165, 1.54) is 64.2 Å². The van der Waals surface area contributed by atoms with E-state index in [2.05, 4.69) is 154 Å². The molecule has 0 aliphatic rings. The second-order valence-electron chi connectivity index (χ2n) is 19.8. The van der Waals surface area contributed by atoms with E-state index in [1.807, 2.05) is 0 Å². The Labute approximate surface area is 462 Å². The molecule has 0 heterocycles.